The molecule has 24 heavy (non-hydrogen) atoms. The summed E-state index contributed by atoms with van der Waals surface area (Å²) >= 11 is 0. The van der Waals surface area contributed by atoms with Crippen LogP contribution in [-0.2, 0) is 16.0 Å². The Bertz CT molecular complexity index is 784. The summed E-state index contributed by atoms with van der Waals surface area (Å²) in [5, 5.41) is 5.03. The maximum atomic E-state index is 12.1. The minimum Gasteiger partial charge on any atom is -0.397 e. The second-order valence-electron chi connectivity index (χ2n) is 5.65. The third kappa shape index (κ3) is 3.57. The quantitative estimate of drug-likeness (QED) is 0.729. The highest BCUT2D eigenvalue weighted by Crippen LogP contribution is 2.19. The minimum absolute atomic E-state index is 0.222. The van der Waals surface area contributed by atoms with Gasteiger partial charge in [0.2, 0.25) is 11.8 Å². The molecule has 1 aromatic carbocycles. The highest BCUT2D eigenvalue weighted by molar-refractivity contribution is 6.04. The van der Waals surface area contributed by atoms with Crippen molar-refractivity contribution in [2.45, 2.75) is 12.8 Å². The molecule has 7 nitrogen and oxygen atoms in total. The summed E-state index contributed by atoms with van der Waals surface area (Å²) < 4.78 is 0. The van der Waals surface area contributed by atoms with Crippen LogP contribution in [0, 0.1) is 5.92 Å². The molecule has 0 bridgehead atoms. The van der Waals surface area contributed by atoms with E-state index >= 15 is 0 Å². The Morgan fingerprint density at radius 1 is 1.21 bits per heavy atom. The molecular formula is C17H16N4O3. The zero-order valence-electron chi connectivity index (χ0n) is 12.8. The van der Waals surface area contributed by atoms with Gasteiger partial charge in [0.25, 0.3) is 5.91 Å². The highest BCUT2D eigenvalue weighted by Gasteiger charge is 2.30. The van der Waals surface area contributed by atoms with Crippen LogP contribution in [0.3, 0.4) is 0 Å². The van der Waals surface area contributed by atoms with E-state index in [1.165, 1.54) is 6.20 Å². The van der Waals surface area contributed by atoms with E-state index in [4.69, 9.17) is 5.73 Å². The molecule has 1 saturated heterocycles. The topological polar surface area (TPSA) is 114 Å². The first-order valence-corrected chi connectivity index (χ1v) is 7.47. The molecule has 7 heteroatoms. The van der Waals surface area contributed by atoms with Gasteiger partial charge in [0, 0.05) is 12.1 Å². The number of rotatable bonds is 4. The van der Waals surface area contributed by atoms with Gasteiger partial charge in [-0.05, 0) is 36.2 Å². The van der Waals surface area contributed by atoms with Gasteiger partial charge in [0.05, 0.1) is 17.8 Å². The molecule has 0 spiro atoms. The Kier molecular flexibility index (Phi) is 4.24. The van der Waals surface area contributed by atoms with Gasteiger partial charge < -0.3 is 11.1 Å². The number of hydrogen-bond acceptors (Lipinski definition) is 5. The van der Waals surface area contributed by atoms with Gasteiger partial charge in [-0.1, -0.05) is 12.1 Å². The number of nitrogens with two attached hydrogens (primary N) is 1. The number of nitrogen functional groups attached to an aromatic ring is 1. The number of anilines is 2. The van der Waals surface area contributed by atoms with E-state index < -0.39 is 0 Å². The zero-order chi connectivity index (χ0) is 17.1. The number of hydrogen-bond donors (Lipinski definition) is 3. The first kappa shape index (κ1) is 15.7. The maximum Gasteiger partial charge on any atom is 0.274 e. The summed E-state index contributed by atoms with van der Waals surface area (Å²) in [4.78, 5) is 38.8. The second kappa shape index (κ2) is 6.49. The van der Waals surface area contributed by atoms with Gasteiger partial charge in [0.15, 0.2) is 0 Å². The van der Waals surface area contributed by atoms with Crippen LogP contribution in [0.15, 0.2) is 42.6 Å². The Labute approximate surface area is 138 Å². The van der Waals surface area contributed by atoms with Gasteiger partial charge >= 0.3 is 0 Å². The van der Waals surface area contributed by atoms with Crippen LogP contribution < -0.4 is 16.4 Å². The van der Waals surface area contributed by atoms with Crippen LogP contribution in [0.2, 0.25) is 0 Å². The highest BCUT2D eigenvalue weighted by atomic mass is 16.2. The molecule has 0 saturated carbocycles. The molecular weight excluding hydrogens is 308 g/mol. The number of carbonyl (C=O) groups excluding carboxylic acids is 3. The van der Waals surface area contributed by atoms with E-state index in [2.05, 4.69) is 15.6 Å². The van der Waals surface area contributed by atoms with Crippen molar-refractivity contribution in [3.8, 4) is 0 Å². The average molecular weight is 324 g/mol. The van der Waals surface area contributed by atoms with Gasteiger partial charge in [-0.2, -0.15) is 0 Å². The third-order valence-electron chi connectivity index (χ3n) is 3.78. The van der Waals surface area contributed by atoms with Crippen LogP contribution >= 0.6 is 0 Å². The summed E-state index contributed by atoms with van der Waals surface area (Å²) in [5.74, 6) is -1.11. The van der Waals surface area contributed by atoms with Gasteiger partial charge in [-0.3, -0.25) is 19.7 Å². The summed E-state index contributed by atoms with van der Waals surface area (Å²) in [5.41, 5.74) is 7.85. The van der Waals surface area contributed by atoms with E-state index in [1.807, 2.05) is 12.1 Å². The van der Waals surface area contributed by atoms with Crippen LogP contribution in [0.25, 0.3) is 0 Å². The first-order valence-electron chi connectivity index (χ1n) is 7.47. The Morgan fingerprint density at radius 2 is 1.96 bits per heavy atom. The van der Waals surface area contributed by atoms with E-state index in [0.717, 1.165) is 5.56 Å². The second-order valence-corrected chi connectivity index (χ2v) is 5.65. The molecule has 1 unspecified atom stereocenters. The number of pyridine rings is 1. The lowest BCUT2D eigenvalue weighted by Crippen LogP contribution is -2.22. The molecule has 122 valence electrons. The smallest absolute Gasteiger partial charge is 0.274 e. The lowest BCUT2D eigenvalue weighted by molar-refractivity contribution is -0.125. The predicted molar refractivity (Wildman–Crippen MR) is 88.0 cm³/mol. The standard InChI is InChI=1S/C17H16N4O3/c18-12-3-6-14(19-9-12)17(24)20-13-4-1-10(2-5-13)7-11-8-15(22)21-16(11)23/h1-6,9,11H,7-8,18H2,(H,20,24)(H,21,22,23). The monoisotopic (exact) mass is 324 g/mol. The predicted octanol–water partition coefficient (Wildman–Crippen LogP) is 1.12. The fraction of sp³-hybridized carbons (Fsp3) is 0.176. The molecule has 1 aliphatic rings. The number of nitrogens with zero attached hydrogens (tertiary/aromatic N) is 1. The summed E-state index contributed by atoms with van der Waals surface area (Å²) in [7, 11) is 0. The molecule has 1 aliphatic heterocycles. The molecule has 1 atom stereocenters. The van der Waals surface area contributed by atoms with Crippen molar-refractivity contribution in [1.82, 2.24) is 10.3 Å². The number of benzene rings is 1. The molecule has 3 amide bonds. The van der Waals surface area contributed by atoms with Crippen LogP contribution in [0.1, 0.15) is 22.5 Å². The molecule has 2 aromatic rings. The Balaban J connectivity index is 1.62. The van der Waals surface area contributed by atoms with Crippen molar-refractivity contribution in [2.24, 2.45) is 5.92 Å². The first-order chi connectivity index (χ1) is 11.5. The van der Waals surface area contributed by atoms with Crippen molar-refractivity contribution < 1.29 is 14.4 Å². The average Bonchev–Trinajstić information content (AvgIpc) is 2.87. The largest absolute Gasteiger partial charge is 0.397 e. The molecule has 1 aromatic heterocycles. The molecule has 3 rings (SSSR count). The van der Waals surface area contributed by atoms with E-state index in [9.17, 15) is 14.4 Å². The summed E-state index contributed by atoms with van der Waals surface area (Å²) in [6.07, 6.45) is 2.14. The van der Waals surface area contributed by atoms with E-state index in [1.54, 1.807) is 24.3 Å². The maximum absolute atomic E-state index is 12.1. The number of nitrogens with one attached hydrogen (secondary N) is 2. The SMILES string of the molecule is Nc1ccc(C(=O)Nc2ccc(CC3CC(=O)NC3=O)cc2)nc1. The van der Waals surface area contributed by atoms with Crippen molar-refractivity contribution in [1.29, 1.82) is 0 Å². The summed E-state index contributed by atoms with van der Waals surface area (Å²) in [6.45, 7) is 0. The van der Waals surface area contributed by atoms with Gasteiger partial charge in [-0.15, -0.1) is 0 Å². The van der Waals surface area contributed by atoms with Crippen molar-refractivity contribution in [3.63, 3.8) is 0 Å². The van der Waals surface area contributed by atoms with Crippen molar-refractivity contribution in [2.75, 3.05) is 11.1 Å². The Morgan fingerprint density at radius 3 is 2.54 bits per heavy atom. The lowest BCUT2D eigenvalue weighted by atomic mass is 9.98. The van der Waals surface area contributed by atoms with Crippen LogP contribution in [0.4, 0.5) is 11.4 Å². The number of imide groups is 1. The lowest BCUT2D eigenvalue weighted by Gasteiger charge is -2.08. The van der Waals surface area contributed by atoms with Crippen molar-refractivity contribution in [3.05, 3.63) is 53.9 Å². The number of carbonyl (C=O) groups is 3. The minimum atomic E-state index is -0.330. The molecule has 0 aliphatic carbocycles. The van der Waals surface area contributed by atoms with Gasteiger partial charge in [-0.25, -0.2) is 4.98 Å². The zero-order valence-corrected chi connectivity index (χ0v) is 12.8. The van der Waals surface area contributed by atoms with Crippen molar-refractivity contribution >= 4 is 29.1 Å². The summed E-state index contributed by atoms with van der Waals surface area (Å²) in [6, 6.07) is 10.3. The normalized spacial score (nSPS) is 16.8. The molecule has 4 N–H and O–H groups in total. The third-order valence-corrected chi connectivity index (χ3v) is 3.78. The fourth-order valence-electron chi connectivity index (χ4n) is 2.52. The molecule has 0 radical (unpaired) electrons. The van der Waals surface area contributed by atoms with E-state index in [-0.39, 0.29) is 35.8 Å². The number of amides is 3. The molecule has 2 heterocycles. The Hall–Kier alpha value is -3.22. The van der Waals surface area contributed by atoms with Crippen LogP contribution in [-0.4, -0.2) is 22.7 Å². The molecule has 1 fully saturated rings. The fourth-order valence-corrected chi connectivity index (χ4v) is 2.52. The van der Waals surface area contributed by atoms with Crippen LogP contribution in [0.5, 0.6) is 0 Å². The number of aromatic nitrogens is 1. The van der Waals surface area contributed by atoms with Gasteiger partial charge in [0.1, 0.15) is 5.69 Å². The van der Waals surface area contributed by atoms with E-state index in [0.29, 0.717) is 17.8 Å².